The van der Waals surface area contributed by atoms with Gasteiger partial charge in [-0.2, -0.15) is 0 Å². The number of nitrogens with zero attached hydrogens (tertiary/aromatic N) is 3. The number of fused-ring (bicyclic) bond motifs is 1. The highest BCUT2D eigenvalue weighted by atomic mass is 16.2. The van der Waals surface area contributed by atoms with E-state index >= 15 is 0 Å². The summed E-state index contributed by atoms with van der Waals surface area (Å²) in [5, 5.41) is 0.965. The third kappa shape index (κ3) is 2.97. The van der Waals surface area contributed by atoms with Crippen molar-refractivity contribution in [2.75, 3.05) is 19.6 Å². The van der Waals surface area contributed by atoms with Gasteiger partial charge in [-0.1, -0.05) is 11.6 Å². The Morgan fingerprint density at radius 3 is 2.64 bits per heavy atom. The summed E-state index contributed by atoms with van der Waals surface area (Å²) >= 11 is 0. The van der Waals surface area contributed by atoms with E-state index in [2.05, 4.69) is 26.0 Å². The molecular formula is C23H27N3O2. The molecule has 2 aromatic rings. The van der Waals surface area contributed by atoms with Gasteiger partial charge < -0.3 is 9.80 Å². The fourth-order valence-corrected chi connectivity index (χ4v) is 4.87. The maximum absolute atomic E-state index is 13.5. The summed E-state index contributed by atoms with van der Waals surface area (Å²) in [4.78, 5) is 34.5. The number of carbonyl (C=O) groups excluding carboxylic acids is 2. The summed E-state index contributed by atoms with van der Waals surface area (Å²) in [6, 6.07) is 6.45. The second-order valence-electron chi connectivity index (χ2n) is 8.73. The predicted octanol–water partition coefficient (Wildman–Crippen LogP) is 3.57. The molecule has 2 aliphatic heterocycles. The fourth-order valence-electron chi connectivity index (χ4n) is 4.87. The third-order valence-electron chi connectivity index (χ3n) is 6.50. The summed E-state index contributed by atoms with van der Waals surface area (Å²) in [6.45, 7) is 6.37. The van der Waals surface area contributed by atoms with E-state index in [-0.39, 0.29) is 17.9 Å². The molecule has 3 heterocycles. The molecule has 1 unspecified atom stereocenters. The van der Waals surface area contributed by atoms with Crippen molar-refractivity contribution < 1.29 is 9.59 Å². The lowest BCUT2D eigenvalue weighted by Gasteiger charge is -2.24. The first-order valence-corrected chi connectivity index (χ1v) is 10.5. The van der Waals surface area contributed by atoms with Crippen molar-refractivity contribution >= 4 is 22.7 Å². The van der Waals surface area contributed by atoms with Crippen LogP contribution in [0.15, 0.2) is 18.2 Å². The monoisotopic (exact) mass is 377 g/mol. The zero-order valence-electron chi connectivity index (χ0n) is 16.7. The van der Waals surface area contributed by atoms with Crippen molar-refractivity contribution in [3.05, 3.63) is 40.6 Å². The molecule has 2 amide bonds. The fraction of sp³-hybridized carbons (Fsp3) is 0.522. The second-order valence-corrected chi connectivity index (χ2v) is 8.73. The minimum atomic E-state index is 0.0912. The molecule has 1 aromatic carbocycles. The van der Waals surface area contributed by atoms with E-state index < -0.39 is 0 Å². The van der Waals surface area contributed by atoms with Crippen LogP contribution in [0.3, 0.4) is 0 Å². The number of benzene rings is 1. The van der Waals surface area contributed by atoms with Gasteiger partial charge in [0.25, 0.3) is 5.91 Å². The zero-order valence-corrected chi connectivity index (χ0v) is 16.7. The predicted molar refractivity (Wildman–Crippen MR) is 108 cm³/mol. The molecule has 146 valence electrons. The first-order valence-electron chi connectivity index (χ1n) is 10.5. The van der Waals surface area contributed by atoms with Gasteiger partial charge in [-0.15, -0.1) is 0 Å². The van der Waals surface area contributed by atoms with E-state index in [0.717, 1.165) is 59.2 Å². The zero-order chi connectivity index (χ0) is 19.4. The Hall–Kier alpha value is -2.43. The van der Waals surface area contributed by atoms with E-state index in [4.69, 9.17) is 4.98 Å². The number of rotatable bonds is 3. The van der Waals surface area contributed by atoms with Gasteiger partial charge in [-0.05, 0) is 57.2 Å². The van der Waals surface area contributed by atoms with Crippen LogP contribution in [0.1, 0.15) is 65.2 Å². The average molecular weight is 377 g/mol. The Bertz CT molecular complexity index is 979. The van der Waals surface area contributed by atoms with Gasteiger partial charge in [0.15, 0.2) is 0 Å². The number of aryl methyl sites for hydroxylation is 2. The van der Waals surface area contributed by atoms with Gasteiger partial charge in [0.05, 0.1) is 17.1 Å². The van der Waals surface area contributed by atoms with Gasteiger partial charge in [0.2, 0.25) is 5.91 Å². The number of likely N-dealkylation sites (tertiary alicyclic amines) is 2. The lowest BCUT2D eigenvalue weighted by Crippen LogP contribution is -2.39. The van der Waals surface area contributed by atoms with Gasteiger partial charge >= 0.3 is 0 Å². The van der Waals surface area contributed by atoms with Crippen LogP contribution in [0.5, 0.6) is 0 Å². The Morgan fingerprint density at radius 2 is 1.93 bits per heavy atom. The molecule has 3 aliphatic rings. The maximum Gasteiger partial charge on any atom is 0.254 e. The molecule has 28 heavy (non-hydrogen) atoms. The first-order chi connectivity index (χ1) is 13.5. The molecule has 1 saturated carbocycles. The molecule has 2 saturated heterocycles. The summed E-state index contributed by atoms with van der Waals surface area (Å²) in [5.74, 6) is 0.842. The molecule has 5 nitrogen and oxygen atoms in total. The molecule has 3 fully saturated rings. The minimum absolute atomic E-state index is 0.0912. The van der Waals surface area contributed by atoms with Gasteiger partial charge in [-0.3, -0.25) is 14.6 Å². The summed E-state index contributed by atoms with van der Waals surface area (Å²) in [5.41, 5.74) is 5.10. The highest BCUT2D eigenvalue weighted by Crippen LogP contribution is 2.41. The van der Waals surface area contributed by atoms with E-state index in [9.17, 15) is 9.59 Å². The van der Waals surface area contributed by atoms with E-state index in [1.54, 1.807) is 0 Å². The highest BCUT2D eigenvalue weighted by molar-refractivity contribution is 6.07. The lowest BCUT2D eigenvalue weighted by atomic mass is 10.00. The number of aromatic nitrogens is 1. The van der Waals surface area contributed by atoms with Gasteiger partial charge in [0, 0.05) is 43.1 Å². The standard InChI is InChI=1S/C23H27N3O2/c1-14-10-15(2)22-18(11-14)19(12-20(24-22)16-5-6-16)23(28)25-9-7-17(13-25)26-8-3-4-21(26)27/h10-12,16-17H,3-9,13H2,1-2H3. The number of amides is 2. The first kappa shape index (κ1) is 17.7. The van der Waals surface area contributed by atoms with Crippen LogP contribution in [-0.4, -0.2) is 52.3 Å². The molecule has 0 radical (unpaired) electrons. The van der Waals surface area contributed by atoms with E-state index in [0.29, 0.717) is 18.9 Å². The smallest absolute Gasteiger partial charge is 0.254 e. The molecular weight excluding hydrogens is 350 g/mol. The second kappa shape index (κ2) is 6.57. The number of hydrogen-bond acceptors (Lipinski definition) is 3. The molecule has 0 bridgehead atoms. The van der Waals surface area contributed by atoms with Crippen molar-refractivity contribution in [1.82, 2.24) is 14.8 Å². The van der Waals surface area contributed by atoms with Crippen molar-refractivity contribution in [3.8, 4) is 0 Å². The van der Waals surface area contributed by atoms with E-state index in [1.165, 1.54) is 12.8 Å². The lowest BCUT2D eigenvalue weighted by molar-refractivity contribution is -0.129. The van der Waals surface area contributed by atoms with Gasteiger partial charge in [-0.25, -0.2) is 0 Å². The van der Waals surface area contributed by atoms with E-state index in [1.807, 2.05) is 15.9 Å². The molecule has 0 spiro atoms. The Labute approximate surface area is 165 Å². The van der Waals surface area contributed by atoms with Crippen LogP contribution >= 0.6 is 0 Å². The molecule has 1 aliphatic carbocycles. The summed E-state index contributed by atoms with van der Waals surface area (Å²) in [7, 11) is 0. The van der Waals surface area contributed by atoms with Gasteiger partial charge in [0.1, 0.15) is 0 Å². The summed E-state index contributed by atoms with van der Waals surface area (Å²) < 4.78 is 0. The topological polar surface area (TPSA) is 53.5 Å². The molecule has 1 aromatic heterocycles. The third-order valence-corrected chi connectivity index (χ3v) is 6.50. The summed E-state index contributed by atoms with van der Waals surface area (Å²) in [6.07, 6.45) is 4.82. The van der Waals surface area contributed by atoms with Crippen molar-refractivity contribution in [1.29, 1.82) is 0 Å². The van der Waals surface area contributed by atoms with Crippen LogP contribution in [0, 0.1) is 13.8 Å². The number of hydrogen-bond donors (Lipinski definition) is 0. The van der Waals surface area contributed by atoms with Crippen LogP contribution in [0.4, 0.5) is 0 Å². The Balaban J connectivity index is 1.49. The van der Waals surface area contributed by atoms with Crippen molar-refractivity contribution in [2.45, 2.75) is 57.9 Å². The molecule has 1 atom stereocenters. The van der Waals surface area contributed by atoms with Crippen LogP contribution in [0.2, 0.25) is 0 Å². The highest BCUT2D eigenvalue weighted by Gasteiger charge is 2.36. The van der Waals surface area contributed by atoms with Crippen LogP contribution < -0.4 is 0 Å². The van der Waals surface area contributed by atoms with Crippen LogP contribution in [0.25, 0.3) is 10.9 Å². The Kier molecular flexibility index (Phi) is 4.14. The van der Waals surface area contributed by atoms with Crippen LogP contribution in [-0.2, 0) is 4.79 Å². The molecule has 5 heteroatoms. The number of carbonyl (C=O) groups is 2. The minimum Gasteiger partial charge on any atom is -0.338 e. The Morgan fingerprint density at radius 1 is 1.11 bits per heavy atom. The largest absolute Gasteiger partial charge is 0.338 e. The SMILES string of the molecule is Cc1cc(C)c2nc(C3CC3)cc(C(=O)N3CCC(N4CCCC4=O)C3)c2c1. The normalized spacial score (nSPS) is 22.5. The van der Waals surface area contributed by atoms with Crippen molar-refractivity contribution in [3.63, 3.8) is 0 Å². The van der Waals surface area contributed by atoms with Crippen molar-refractivity contribution in [2.24, 2.45) is 0 Å². The average Bonchev–Trinajstić information content (AvgIpc) is 3.25. The molecule has 0 N–H and O–H groups in total. The maximum atomic E-state index is 13.5. The molecule has 5 rings (SSSR count). The quantitative estimate of drug-likeness (QED) is 0.822. The number of pyridine rings is 1.